The first-order valence-electron chi connectivity index (χ1n) is 8.69. The summed E-state index contributed by atoms with van der Waals surface area (Å²) in [5.74, 6) is 1.56. The summed E-state index contributed by atoms with van der Waals surface area (Å²) in [5, 5.41) is 13.4. The van der Waals surface area contributed by atoms with E-state index >= 15 is 0 Å². The van der Waals surface area contributed by atoms with Crippen LogP contribution in [-0.4, -0.2) is 31.3 Å². The summed E-state index contributed by atoms with van der Waals surface area (Å²) in [7, 11) is 1.58. The third-order valence-corrected chi connectivity index (χ3v) is 4.24. The molecule has 26 heavy (non-hydrogen) atoms. The molecule has 1 unspecified atom stereocenters. The molecule has 1 atom stereocenters. The maximum atomic E-state index is 12.6. The molecule has 1 aliphatic rings. The number of hydrogen-bond acceptors (Lipinski definition) is 5. The molecule has 1 amide bonds. The largest absolute Gasteiger partial charge is 0.497 e. The Morgan fingerprint density at radius 3 is 2.46 bits per heavy atom. The van der Waals surface area contributed by atoms with Gasteiger partial charge in [-0.1, -0.05) is 13.3 Å². The zero-order valence-corrected chi connectivity index (χ0v) is 15.0. The van der Waals surface area contributed by atoms with Crippen molar-refractivity contribution >= 4 is 11.6 Å². The summed E-state index contributed by atoms with van der Waals surface area (Å²) in [6.45, 7) is 2.92. The molecule has 0 aliphatic carbocycles. The second kappa shape index (κ2) is 8.10. The second-order valence-corrected chi connectivity index (χ2v) is 6.07. The average molecular weight is 357 g/mol. The molecule has 0 spiro atoms. The quantitative estimate of drug-likeness (QED) is 0.827. The van der Waals surface area contributed by atoms with E-state index in [1.165, 1.54) is 0 Å². The van der Waals surface area contributed by atoms with Gasteiger partial charge in [0.15, 0.2) is 11.5 Å². The van der Waals surface area contributed by atoms with Crippen molar-refractivity contribution in [3.8, 4) is 17.2 Å². The van der Waals surface area contributed by atoms with Crippen LogP contribution in [0.15, 0.2) is 36.4 Å². The van der Waals surface area contributed by atoms with Gasteiger partial charge in [-0.2, -0.15) is 0 Å². The molecule has 0 bridgehead atoms. The number of aliphatic hydroxyl groups is 1. The van der Waals surface area contributed by atoms with Gasteiger partial charge in [-0.15, -0.1) is 0 Å². The third kappa shape index (κ3) is 3.91. The van der Waals surface area contributed by atoms with Gasteiger partial charge in [-0.3, -0.25) is 4.79 Å². The number of amides is 1. The zero-order chi connectivity index (χ0) is 18.5. The number of ether oxygens (including phenoxy) is 3. The number of hydrogen-bond donors (Lipinski definition) is 2. The first-order valence-corrected chi connectivity index (χ1v) is 8.69. The molecule has 0 saturated heterocycles. The van der Waals surface area contributed by atoms with Gasteiger partial charge in [-0.25, -0.2) is 0 Å². The van der Waals surface area contributed by atoms with E-state index in [1.807, 2.05) is 6.92 Å². The van der Waals surface area contributed by atoms with E-state index in [-0.39, 0.29) is 5.91 Å². The minimum atomic E-state index is -0.693. The summed E-state index contributed by atoms with van der Waals surface area (Å²) < 4.78 is 16.3. The van der Waals surface area contributed by atoms with Gasteiger partial charge in [0.1, 0.15) is 19.0 Å². The van der Waals surface area contributed by atoms with E-state index in [9.17, 15) is 9.90 Å². The molecule has 0 radical (unpaired) electrons. The van der Waals surface area contributed by atoms with Crippen LogP contribution in [0.1, 0.15) is 41.8 Å². The molecule has 2 N–H and O–H groups in total. The molecule has 138 valence electrons. The number of aliphatic hydroxyl groups excluding tert-OH is 1. The Kier molecular flexibility index (Phi) is 5.63. The lowest BCUT2D eigenvalue weighted by atomic mass is 10.0. The lowest BCUT2D eigenvalue weighted by molar-refractivity contribution is 0.102. The number of rotatable bonds is 6. The van der Waals surface area contributed by atoms with Gasteiger partial charge in [0, 0.05) is 17.2 Å². The molecule has 0 aromatic heterocycles. The highest BCUT2D eigenvalue weighted by atomic mass is 16.6. The predicted octanol–water partition coefficient (Wildman–Crippen LogP) is 3.55. The van der Waals surface area contributed by atoms with Crippen LogP contribution < -0.4 is 19.5 Å². The Morgan fingerprint density at radius 2 is 1.85 bits per heavy atom. The van der Waals surface area contributed by atoms with Crippen LogP contribution in [-0.2, 0) is 0 Å². The maximum absolute atomic E-state index is 12.6. The van der Waals surface area contributed by atoms with E-state index in [4.69, 9.17) is 14.2 Å². The number of methoxy groups -OCH3 is 1. The van der Waals surface area contributed by atoms with Crippen LogP contribution in [0.4, 0.5) is 5.69 Å². The van der Waals surface area contributed by atoms with Crippen molar-refractivity contribution in [2.45, 2.75) is 25.9 Å². The fraction of sp³-hybridized carbons (Fsp3) is 0.350. The minimum Gasteiger partial charge on any atom is -0.497 e. The lowest BCUT2D eigenvalue weighted by Gasteiger charge is -2.23. The van der Waals surface area contributed by atoms with Crippen LogP contribution >= 0.6 is 0 Å². The maximum Gasteiger partial charge on any atom is 0.255 e. The topological polar surface area (TPSA) is 77.0 Å². The van der Waals surface area contributed by atoms with Crippen molar-refractivity contribution in [3.63, 3.8) is 0 Å². The Labute approximate surface area is 152 Å². The van der Waals surface area contributed by atoms with Gasteiger partial charge in [0.05, 0.1) is 18.9 Å². The van der Waals surface area contributed by atoms with Crippen LogP contribution in [0, 0.1) is 0 Å². The van der Waals surface area contributed by atoms with Crippen LogP contribution in [0.5, 0.6) is 17.2 Å². The molecular weight excluding hydrogens is 334 g/mol. The molecule has 0 saturated carbocycles. The first-order chi connectivity index (χ1) is 12.6. The van der Waals surface area contributed by atoms with Crippen LogP contribution in [0.25, 0.3) is 0 Å². The van der Waals surface area contributed by atoms with E-state index in [0.29, 0.717) is 53.7 Å². The SMILES string of the molecule is CCCC(O)c1cc2c(cc1NC(=O)c1ccc(OC)cc1)OCCO2. The molecule has 2 aromatic carbocycles. The molecule has 2 aromatic rings. The Bertz CT molecular complexity index is 773. The number of benzene rings is 2. The van der Waals surface area contributed by atoms with Crippen molar-refractivity contribution in [3.05, 3.63) is 47.5 Å². The van der Waals surface area contributed by atoms with Gasteiger partial charge in [0.25, 0.3) is 5.91 Å². The van der Waals surface area contributed by atoms with Gasteiger partial charge in [0.2, 0.25) is 0 Å². The van der Waals surface area contributed by atoms with Gasteiger partial charge < -0.3 is 24.6 Å². The number of nitrogens with one attached hydrogen (secondary N) is 1. The van der Waals surface area contributed by atoms with E-state index < -0.39 is 6.10 Å². The zero-order valence-electron chi connectivity index (χ0n) is 15.0. The molecular formula is C20H23NO5. The summed E-state index contributed by atoms with van der Waals surface area (Å²) in [6.07, 6.45) is 0.717. The normalized spacial score (nSPS) is 13.8. The van der Waals surface area contributed by atoms with E-state index in [1.54, 1.807) is 43.5 Å². The first kappa shape index (κ1) is 18.1. The van der Waals surface area contributed by atoms with E-state index in [0.717, 1.165) is 6.42 Å². The number of carbonyl (C=O) groups excluding carboxylic acids is 1. The highest BCUT2D eigenvalue weighted by Gasteiger charge is 2.21. The van der Waals surface area contributed by atoms with E-state index in [2.05, 4.69) is 5.32 Å². The third-order valence-electron chi connectivity index (χ3n) is 4.24. The van der Waals surface area contributed by atoms with Crippen LogP contribution in [0.2, 0.25) is 0 Å². The second-order valence-electron chi connectivity index (χ2n) is 6.07. The summed E-state index contributed by atoms with van der Waals surface area (Å²) in [5.41, 5.74) is 1.64. The van der Waals surface area contributed by atoms with Crippen molar-refractivity contribution < 1.29 is 24.1 Å². The lowest BCUT2D eigenvalue weighted by Crippen LogP contribution is -2.18. The van der Waals surface area contributed by atoms with Crippen molar-refractivity contribution in [1.29, 1.82) is 0 Å². The molecule has 6 nitrogen and oxygen atoms in total. The molecule has 1 aliphatic heterocycles. The monoisotopic (exact) mass is 357 g/mol. The van der Waals surface area contributed by atoms with Crippen LogP contribution in [0.3, 0.4) is 0 Å². The molecule has 3 rings (SSSR count). The number of anilines is 1. The highest BCUT2D eigenvalue weighted by Crippen LogP contribution is 2.39. The molecule has 6 heteroatoms. The minimum absolute atomic E-state index is 0.269. The predicted molar refractivity (Wildman–Crippen MR) is 98.2 cm³/mol. The summed E-state index contributed by atoms with van der Waals surface area (Å²) >= 11 is 0. The fourth-order valence-corrected chi connectivity index (χ4v) is 2.85. The smallest absolute Gasteiger partial charge is 0.255 e. The molecule has 1 heterocycles. The summed E-state index contributed by atoms with van der Waals surface area (Å²) in [4.78, 5) is 12.6. The van der Waals surface area contributed by atoms with Gasteiger partial charge >= 0.3 is 0 Å². The van der Waals surface area contributed by atoms with Crippen molar-refractivity contribution in [1.82, 2.24) is 0 Å². The summed E-state index contributed by atoms with van der Waals surface area (Å²) in [6, 6.07) is 10.3. The van der Waals surface area contributed by atoms with Crippen molar-refractivity contribution in [2.75, 3.05) is 25.6 Å². The van der Waals surface area contributed by atoms with Crippen molar-refractivity contribution in [2.24, 2.45) is 0 Å². The fourth-order valence-electron chi connectivity index (χ4n) is 2.85. The average Bonchev–Trinajstić information content (AvgIpc) is 2.67. The van der Waals surface area contributed by atoms with Gasteiger partial charge in [-0.05, 0) is 36.8 Å². The highest BCUT2D eigenvalue weighted by molar-refractivity contribution is 6.05. The Balaban J connectivity index is 1.89. The number of fused-ring (bicyclic) bond motifs is 1. The Hall–Kier alpha value is -2.73. The standard InChI is InChI=1S/C20H23NO5/c1-3-4-17(22)15-11-18-19(26-10-9-25-18)12-16(15)21-20(23)13-5-7-14(24-2)8-6-13/h5-8,11-12,17,22H,3-4,9-10H2,1-2H3,(H,21,23). The molecule has 0 fully saturated rings. The Morgan fingerprint density at radius 1 is 1.19 bits per heavy atom. The number of carbonyl (C=O) groups is 1.